The summed E-state index contributed by atoms with van der Waals surface area (Å²) in [7, 11) is 1.38. The van der Waals surface area contributed by atoms with Crippen LogP contribution in [0, 0.1) is 10.1 Å². The highest BCUT2D eigenvalue weighted by molar-refractivity contribution is 5.48. The van der Waals surface area contributed by atoms with Crippen molar-refractivity contribution >= 4 is 5.69 Å². The Labute approximate surface area is 139 Å². The van der Waals surface area contributed by atoms with Crippen molar-refractivity contribution in [2.45, 2.75) is 19.0 Å². The molecule has 0 aliphatic rings. The van der Waals surface area contributed by atoms with E-state index < -0.39 is 10.5 Å². The molecular weight excluding hydrogens is 312 g/mol. The van der Waals surface area contributed by atoms with E-state index in [2.05, 4.69) is 5.32 Å². The number of nitrogens with zero attached hydrogens (tertiary/aromatic N) is 1. The van der Waals surface area contributed by atoms with Gasteiger partial charge in [0.1, 0.15) is 5.75 Å². The molecule has 7 nitrogen and oxygen atoms in total. The molecule has 0 saturated heterocycles. The molecule has 0 amide bonds. The number of nitro groups is 1. The van der Waals surface area contributed by atoms with Gasteiger partial charge in [-0.2, -0.15) is 0 Å². The molecule has 0 radical (unpaired) electrons. The molecule has 0 spiro atoms. The second-order valence-electron chi connectivity index (χ2n) is 5.66. The van der Waals surface area contributed by atoms with E-state index in [0.29, 0.717) is 17.7 Å². The van der Waals surface area contributed by atoms with Crippen LogP contribution in [0.2, 0.25) is 0 Å². The van der Waals surface area contributed by atoms with Gasteiger partial charge in [-0.05, 0) is 36.2 Å². The first kappa shape index (κ1) is 17.7. The Hall–Kier alpha value is -2.64. The van der Waals surface area contributed by atoms with E-state index in [4.69, 9.17) is 4.74 Å². The van der Waals surface area contributed by atoms with Crippen molar-refractivity contribution in [2.75, 3.05) is 13.7 Å². The predicted octanol–water partition coefficient (Wildman–Crippen LogP) is 2.31. The van der Waals surface area contributed by atoms with E-state index >= 15 is 0 Å². The van der Waals surface area contributed by atoms with Crippen molar-refractivity contribution in [2.24, 2.45) is 0 Å². The number of aliphatic hydroxyl groups excluding tert-OH is 1. The minimum Gasteiger partial charge on any atom is -0.508 e. The summed E-state index contributed by atoms with van der Waals surface area (Å²) in [6.07, 6.45) is 0. The fraction of sp³-hybridized carbons (Fsp3) is 0.294. The van der Waals surface area contributed by atoms with Crippen LogP contribution < -0.4 is 10.1 Å². The number of nitrogens with one attached hydrogen (secondary N) is 1. The summed E-state index contributed by atoms with van der Waals surface area (Å²) in [5.74, 6) is 0.302. The van der Waals surface area contributed by atoms with Crippen LogP contribution in [-0.4, -0.2) is 28.9 Å². The molecule has 1 atom stereocenters. The van der Waals surface area contributed by atoms with Gasteiger partial charge in [0.2, 0.25) is 0 Å². The van der Waals surface area contributed by atoms with Gasteiger partial charge in [0.15, 0.2) is 5.75 Å². The van der Waals surface area contributed by atoms with Crippen molar-refractivity contribution in [3.05, 3.63) is 63.7 Å². The molecule has 0 bridgehead atoms. The van der Waals surface area contributed by atoms with Crippen LogP contribution >= 0.6 is 0 Å². The highest BCUT2D eigenvalue weighted by Gasteiger charge is 2.26. The average molecular weight is 332 g/mol. The second kappa shape index (κ2) is 7.29. The van der Waals surface area contributed by atoms with Gasteiger partial charge in [-0.1, -0.05) is 18.2 Å². The Bertz CT molecular complexity index is 735. The van der Waals surface area contributed by atoms with E-state index in [1.54, 1.807) is 43.3 Å². The molecule has 1 unspecified atom stereocenters. The van der Waals surface area contributed by atoms with E-state index in [1.807, 2.05) is 0 Å². The quantitative estimate of drug-likeness (QED) is 0.531. The molecule has 2 aromatic rings. The minimum atomic E-state index is -0.798. The van der Waals surface area contributed by atoms with Crippen LogP contribution in [0.5, 0.6) is 11.5 Å². The lowest BCUT2D eigenvalue weighted by atomic mass is 9.92. The third kappa shape index (κ3) is 3.81. The number of ether oxygens (including phenoxy) is 1. The smallest absolute Gasteiger partial charge is 0.311 e. The van der Waals surface area contributed by atoms with Gasteiger partial charge in [0, 0.05) is 12.6 Å². The molecule has 0 heterocycles. The van der Waals surface area contributed by atoms with Crippen LogP contribution in [0.3, 0.4) is 0 Å². The Morgan fingerprint density at radius 3 is 2.62 bits per heavy atom. The minimum absolute atomic E-state index is 0.106. The number of phenolic OH excluding ortho intramolecular Hbond substituents is 1. The number of hydrogen-bond acceptors (Lipinski definition) is 6. The summed E-state index contributed by atoms with van der Waals surface area (Å²) < 4.78 is 4.98. The van der Waals surface area contributed by atoms with E-state index in [1.165, 1.54) is 13.2 Å². The lowest BCUT2D eigenvalue weighted by molar-refractivity contribution is -0.385. The number of aromatic hydroxyl groups is 1. The van der Waals surface area contributed by atoms with E-state index in [-0.39, 0.29) is 23.8 Å². The zero-order valence-electron chi connectivity index (χ0n) is 13.5. The number of rotatable bonds is 7. The first-order valence-corrected chi connectivity index (χ1v) is 7.36. The van der Waals surface area contributed by atoms with Crippen molar-refractivity contribution in [3.63, 3.8) is 0 Å². The largest absolute Gasteiger partial charge is 0.508 e. The Morgan fingerprint density at radius 2 is 2.04 bits per heavy atom. The molecule has 0 fully saturated rings. The van der Waals surface area contributed by atoms with Crippen molar-refractivity contribution < 1.29 is 19.9 Å². The van der Waals surface area contributed by atoms with Crippen molar-refractivity contribution in [3.8, 4) is 11.5 Å². The SMILES string of the molecule is COc1ccc(CNC(C)(CO)c2cccc(O)c2)cc1[N+](=O)[O-]. The van der Waals surface area contributed by atoms with Gasteiger partial charge in [-0.25, -0.2) is 0 Å². The maximum atomic E-state index is 11.1. The molecule has 0 aliphatic carbocycles. The molecule has 2 rings (SSSR count). The number of methoxy groups -OCH3 is 1. The standard InChI is InChI=1S/C17H20N2O5/c1-17(11-20,13-4-3-5-14(21)9-13)18-10-12-6-7-16(24-2)15(8-12)19(22)23/h3-9,18,20-21H,10-11H2,1-2H3. The number of benzene rings is 2. The fourth-order valence-corrected chi connectivity index (χ4v) is 2.38. The van der Waals surface area contributed by atoms with Crippen LogP contribution in [-0.2, 0) is 12.1 Å². The number of hydrogen-bond donors (Lipinski definition) is 3. The Kier molecular flexibility index (Phi) is 5.38. The van der Waals surface area contributed by atoms with Gasteiger partial charge in [-0.3, -0.25) is 10.1 Å². The summed E-state index contributed by atoms with van der Waals surface area (Å²) in [4.78, 5) is 10.6. The molecule has 0 saturated carbocycles. The zero-order chi connectivity index (χ0) is 17.7. The molecule has 24 heavy (non-hydrogen) atoms. The van der Waals surface area contributed by atoms with Crippen LogP contribution in [0.4, 0.5) is 5.69 Å². The lowest BCUT2D eigenvalue weighted by Gasteiger charge is -2.29. The summed E-state index contributed by atoms with van der Waals surface area (Å²) in [5.41, 5.74) is 0.489. The first-order chi connectivity index (χ1) is 11.4. The van der Waals surface area contributed by atoms with Crippen molar-refractivity contribution in [1.29, 1.82) is 0 Å². The molecule has 0 aliphatic heterocycles. The predicted molar refractivity (Wildman–Crippen MR) is 89.0 cm³/mol. The van der Waals surface area contributed by atoms with Crippen LogP contribution in [0.1, 0.15) is 18.1 Å². The molecule has 0 aromatic heterocycles. The summed E-state index contributed by atoms with van der Waals surface area (Å²) >= 11 is 0. The van der Waals surface area contributed by atoms with E-state index in [9.17, 15) is 20.3 Å². The molecule has 2 aromatic carbocycles. The Balaban J connectivity index is 2.22. The monoisotopic (exact) mass is 332 g/mol. The van der Waals surface area contributed by atoms with Gasteiger partial charge >= 0.3 is 5.69 Å². The summed E-state index contributed by atoms with van der Waals surface area (Å²) in [6, 6.07) is 11.3. The topological polar surface area (TPSA) is 105 Å². The fourth-order valence-electron chi connectivity index (χ4n) is 2.38. The molecule has 7 heteroatoms. The van der Waals surface area contributed by atoms with E-state index in [0.717, 1.165) is 0 Å². The lowest BCUT2D eigenvalue weighted by Crippen LogP contribution is -2.42. The summed E-state index contributed by atoms with van der Waals surface area (Å²) in [6.45, 7) is 1.89. The maximum Gasteiger partial charge on any atom is 0.311 e. The average Bonchev–Trinajstić information content (AvgIpc) is 2.59. The van der Waals surface area contributed by atoms with Crippen LogP contribution in [0.15, 0.2) is 42.5 Å². The third-order valence-electron chi connectivity index (χ3n) is 3.92. The van der Waals surface area contributed by atoms with Crippen LogP contribution in [0.25, 0.3) is 0 Å². The van der Waals surface area contributed by atoms with Gasteiger partial charge < -0.3 is 20.3 Å². The first-order valence-electron chi connectivity index (χ1n) is 7.36. The van der Waals surface area contributed by atoms with Gasteiger partial charge in [-0.15, -0.1) is 0 Å². The molecule has 128 valence electrons. The Morgan fingerprint density at radius 1 is 1.29 bits per heavy atom. The molecule has 3 N–H and O–H groups in total. The van der Waals surface area contributed by atoms with Gasteiger partial charge in [0.25, 0.3) is 0 Å². The number of aliphatic hydroxyl groups is 1. The number of phenols is 1. The highest BCUT2D eigenvalue weighted by atomic mass is 16.6. The maximum absolute atomic E-state index is 11.1. The highest BCUT2D eigenvalue weighted by Crippen LogP contribution is 2.28. The zero-order valence-corrected chi connectivity index (χ0v) is 13.5. The number of nitro benzene ring substituents is 1. The summed E-state index contributed by atoms with van der Waals surface area (Å²) in [5, 5.41) is 33.6. The molecular formula is C17H20N2O5. The normalized spacial score (nSPS) is 13.3. The second-order valence-corrected chi connectivity index (χ2v) is 5.66. The van der Waals surface area contributed by atoms with Gasteiger partial charge in [0.05, 0.1) is 24.2 Å². The van der Waals surface area contributed by atoms with Crippen molar-refractivity contribution in [1.82, 2.24) is 5.32 Å². The third-order valence-corrected chi connectivity index (χ3v) is 3.92.